The van der Waals surface area contributed by atoms with Crippen molar-refractivity contribution in [2.45, 2.75) is 18.8 Å². The summed E-state index contributed by atoms with van der Waals surface area (Å²) >= 11 is 5.96. The van der Waals surface area contributed by atoms with E-state index in [0.717, 1.165) is 28.2 Å². The highest BCUT2D eigenvalue weighted by molar-refractivity contribution is 6.30. The van der Waals surface area contributed by atoms with Crippen molar-refractivity contribution in [3.05, 3.63) is 89.2 Å². The number of benzene rings is 3. The van der Waals surface area contributed by atoms with Gasteiger partial charge in [0.2, 0.25) is 0 Å². The largest absolute Gasteiger partial charge is 0.481 e. The quantitative estimate of drug-likeness (QED) is 0.406. The van der Waals surface area contributed by atoms with E-state index in [1.165, 1.54) is 0 Å². The number of carboxylic acid groups (broad SMARTS) is 1. The number of H-pyrrole nitrogens is 1. The van der Waals surface area contributed by atoms with Gasteiger partial charge >= 0.3 is 5.97 Å². The summed E-state index contributed by atoms with van der Waals surface area (Å²) in [7, 11) is 0. The van der Waals surface area contributed by atoms with Gasteiger partial charge < -0.3 is 14.8 Å². The van der Waals surface area contributed by atoms with E-state index in [2.05, 4.69) is 9.97 Å². The normalized spacial score (nSPS) is 12.0. The van der Waals surface area contributed by atoms with Crippen LogP contribution in [0.25, 0.3) is 11.0 Å². The number of carbonyl (C=O) groups is 1. The van der Waals surface area contributed by atoms with Crippen LogP contribution in [0.2, 0.25) is 5.02 Å². The number of ether oxygens (including phenoxy) is 1. The lowest BCUT2D eigenvalue weighted by Crippen LogP contribution is -2.10. The Balaban J connectivity index is 1.57. The second-order valence-electron chi connectivity index (χ2n) is 6.83. The molecule has 1 atom stereocenters. The third-order valence-corrected chi connectivity index (χ3v) is 4.94. The number of fused-ring (bicyclic) bond motifs is 1. The van der Waals surface area contributed by atoms with Crippen LogP contribution in [-0.2, 0) is 11.2 Å². The van der Waals surface area contributed by atoms with Crippen molar-refractivity contribution in [2.75, 3.05) is 0 Å². The Kier molecular flexibility index (Phi) is 5.49. The summed E-state index contributed by atoms with van der Waals surface area (Å²) in [6.45, 7) is 0. The molecule has 1 unspecified atom stereocenters. The number of imidazole rings is 1. The van der Waals surface area contributed by atoms with Crippen LogP contribution in [0.15, 0.2) is 72.8 Å². The molecular weight excluding hydrogens is 388 g/mol. The maximum Gasteiger partial charge on any atom is 0.303 e. The maximum absolute atomic E-state index is 11.4. The third-order valence-electron chi connectivity index (χ3n) is 4.68. The van der Waals surface area contributed by atoms with E-state index in [-0.39, 0.29) is 12.3 Å². The van der Waals surface area contributed by atoms with E-state index in [1.54, 1.807) is 12.1 Å². The van der Waals surface area contributed by atoms with Gasteiger partial charge in [0.15, 0.2) is 0 Å². The molecular formula is C23H19ClN2O3. The van der Waals surface area contributed by atoms with Gasteiger partial charge in [-0.2, -0.15) is 0 Å². The molecule has 0 saturated heterocycles. The topological polar surface area (TPSA) is 75.2 Å². The third kappa shape index (κ3) is 4.76. The fraction of sp³-hybridized carbons (Fsp3) is 0.130. The number of aliphatic carboxylic acids is 1. The van der Waals surface area contributed by atoms with Crippen LogP contribution in [0, 0.1) is 0 Å². The minimum atomic E-state index is -0.848. The monoisotopic (exact) mass is 406 g/mol. The summed E-state index contributed by atoms with van der Waals surface area (Å²) in [5, 5.41) is 9.94. The fourth-order valence-electron chi connectivity index (χ4n) is 3.31. The zero-order valence-corrected chi connectivity index (χ0v) is 16.3. The molecule has 3 aromatic carbocycles. The molecule has 0 aliphatic carbocycles. The molecule has 0 saturated carbocycles. The summed E-state index contributed by atoms with van der Waals surface area (Å²) < 4.78 is 5.87. The number of aromatic nitrogens is 2. The Morgan fingerprint density at radius 1 is 1.03 bits per heavy atom. The molecule has 2 N–H and O–H groups in total. The van der Waals surface area contributed by atoms with Crippen molar-refractivity contribution < 1.29 is 14.6 Å². The van der Waals surface area contributed by atoms with Crippen LogP contribution < -0.4 is 4.74 Å². The highest BCUT2D eigenvalue weighted by Crippen LogP contribution is 2.28. The minimum Gasteiger partial charge on any atom is -0.481 e. The lowest BCUT2D eigenvalue weighted by atomic mass is 9.92. The van der Waals surface area contributed by atoms with E-state index in [1.807, 2.05) is 60.7 Å². The molecule has 4 rings (SSSR count). The number of para-hydroxylation sites is 1. The van der Waals surface area contributed by atoms with Gasteiger partial charge in [-0.15, -0.1) is 0 Å². The Labute approximate surface area is 172 Å². The number of aromatic amines is 1. The molecule has 1 aromatic heterocycles. The average Bonchev–Trinajstić information content (AvgIpc) is 3.10. The van der Waals surface area contributed by atoms with Crippen molar-refractivity contribution in [3.63, 3.8) is 0 Å². The number of nitrogens with zero attached hydrogens (tertiary/aromatic N) is 1. The first-order chi connectivity index (χ1) is 14.1. The van der Waals surface area contributed by atoms with Gasteiger partial charge in [0.1, 0.15) is 17.3 Å². The Morgan fingerprint density at radius 2 is 1.79 bits per heavy atom. The van der Waals surface area contributed by atoms with Crippen LogP contribution in [0.3, 0.4) is 0 Å². The zero-order chi connectivity index (χ0) is 20.2. The second kappa shape index (κ2) is 8.37. The van der Waals surface area contributed by atoms with E-state index in [0.29, 0.717) is 17.2 Å². The van der Waals surface area contributed by atoms with Crippen molar-refractivity contribution in [3.8, 4) is 11.5 Å². The van der Waals surface area contributed by atoms with Gasteiger partial charge in [0, 0.05) is 23.4 Å². The summed E-state index contributed by atoms with van der Waals surface area (Å²) in [5.74, 6) is 1.14. The van der Waals surface area contributed by atoms with Crippen LogP contribution in [0.5, 0.6) is 11.5 Å². The number of carboxylic acids is 1. The summed E-state index contributed by atoms with van der Waals surface area (Å²) in [6.07, 6.45) is 0.499. The summed E-state index contributed by atoms with van der Waals surface area (Å²) in [5.41, 5.74) is 2.58. The standard InChI is InChI=1S/C23H19ClN2O3/c24-17-8-6-15(7-9-17)16(13-23(27)28)12-22-25-20-11-10-19(14-21(20)26-22)29-18-4-2-1-3-5-18/h1-11,14,16H,12-13H2,(H,25,26)(H,27,28). The predicted molar refractivity (Wildman–Crippen MR) is 113 cm³/mol. The number of halogens is 1. The van der Waals surface area contributed by atoms with Gasteiger partial charge in [-0.1, -0.05) is 41.9 Å². The second-order valence-corrected chi connectivity index (χ2v) is 7.26. The maximum atomic E-state index is 11.4. The smallest absolute Gasteiger partial charge is 0.303 e. The number of hydrogen-bond acceptors (Lipinski definition) is 3. The van der Waals surface area contributed by atoms with Crippen LogP contribution >= 0.6 is 11.6 Å². The highest BCUT2D eigenvalue weighted by atomic mass is 35.5. The number of nitrogens with one attached hydrogen (secondary N) is 1. The molecule has 0 fully saturated rings. The number of rotatable bonds is 7. The lowest BCUT2D eigenvalue weighted by molar-refractivity contribution is -0.137. The van der Waals surface area contributed by atoms with Crippen LogP contribution in [0.4, 0.5) is 0 Å². The first kappa shape index (κ1) is 19.0. The molecule has 146 valence electrons. The van der Waals surface area contributed by atoms with Gasteiger partial charge in [-0.3, -0.25) is 4.79 Å². The molecule has 0 aliphatic heterocycles. The Bertz CT molecular complexity index is 1120. The van der Waals surface area contributed by atoms with E-state index < -0.39 is 5.97 Å². The molecule has 1 heterocycles. The first-order valence-electron chi connectivity index (χ1n) is 9.25. The van der Waals surface area contributed by atoms with Gasteiger partial charge in [0.05, 0.1) is 17.5 Å². The predicted octanol–water partition coefficient (Wildman–Crippen LogP) is 5.81. The number of hydrogen-bond donors (Lipinski definition) is 2. The van der Waals surface area contributed by atoms with Crippen molar-refractivity contribution >= 4 is 28.6 Å². The van der Waals surface area contributed by atoms with E-state index in [4.69, 9.17) is 16.3 Å². The van der Waals surface area contributed by atoms with Gasteiger partial charge in [-0.05, 0) is 42.0 Å². The molecule has 4 aromatic rings. The first-order valence-corrected chi connectivity index (χ1v) is 9.63. The van der Waals surface area contributed by atoms with Gasteiger partial charge in [0.25, 0.3) is 0 Å². The molecule has 29 heavy (non-hydrogen) atoms. The minimum absolute atomic E-state index is 0.0149. The molecule has 0 spiro atoms. The molecule has 0 aliphatic rings. The van der Waals surface area contributed by atoms with E-state index in [9.17, 15) is 9.90 Å². The Hall–Kier alpha value is -3.31. The Morgan fingerprint density at radius 3 is 2.52 bits per heavy atom. The van der Waals surface area contributed by atoms with E-state index >= 15 is 0 Å². The highest BCUT2D eigenvalue weighted by Gasteiger charge is 2.18. The molecule has 6 heteroatoms. The molecule has 5 nitrogen and oxygen atoms in total. The lowest BCUT2D eigenvalue weighted by Gasteiger charge is -2.14. The van der Waals surface area contributed by atoms with Crippen LogP contribution in [-0.4, -0.2) is 21.0 Å². The molecule has 0 bridgehead atoms. The molecule has 0 amide bonds. The average molecular weight is 407 g/mol. The SMILES string of the molecule is O=C(O)CC(Cc1nc2cc(Oc3ccccc3)ccc2[nH]1)c1ccc(Cl)cc1. The zero-order valence-electron chi connectivity index (χ0n) is 15.5. The van der Waals surface area contributed by atoms with Crippen molar-refractivity contribution in [1.29, 1.82) is 0 Å². The summed E-state index contributed by atoms with van der Waals surface area (Å²) in [4.78, 5) is 19.3. The molecule has 0 radical (unpaired) electrons. The summed E-state index contributed by atoms with van der Waals surface area (Å²) in [6, 6.07) is 22.5. The fourth-order valence-corrected chi connectivity index (χ4v) is 3.44. The van der Waals surface area contributed by atoms with Crippen molar-refractivity contribution in [1.82, 2.24) is 9.97 Å². The van der Waals surface area contributed by atoms with Crippen LogP contribution in [0.1, 0.15) is 23.7 Å². The van der Waals surface area contributed by atoms with Gasteiger partial charge in [-0.25, -0.2) is 4.98 Å². The van der Waals surface area contributed by atoms with Crippen molar-refractivity contribution in [2.24, 2.45) is 0 Å².